The maximum atomic E-state index is 13.3. The Labute approximate surface area is 119 Å². The molecule has 2 rings (SSSR count). The maximum Gasteiger partial charge on any atom is 0.244 e. The summed E-state index contributed by atoms with van der Waals surface area (Å²) in [6.45, 7) is 4.07. The van der Waals surface area contributed by atoms with Crippen molar-refractivity contribution in [3.63, 3.8) is 0 Å². The molecule has 2 aromatic rings. The Hall–Kier alpha value is -1.27. The van der Waals surface area contributed by atoms with Gasteiger partial charge in [-0.15, -0.1) is 0 Å². The maximum absolute atomic E-state index is 13.3. The summed E-state index contributed by atoms with van der Waals surface area (Å²) in [5.41, 5.74) is 6.57. The van der Waals surface area contributed by atoms with E-state index in [0.717, 1.165) is 6.42 Å². The lowest BCUT2D eigenvalue weighted by molar-refractivity contribution is 0.312. The van der Waals surface area contributed by atoms with E-state index in [1.165, 1.54) is 12.1 Å². The van der Waals surface area contributed by atoms with Crippen LogP contribution in [0.5, 0.6) is 0 Å². The SMILES string of the molecule is CCC(C)C(N)c1nc(-c2cc(F)cc(Br)c2)no1. The summed E-state index contributed by atoms with van der Waals surface area (Å²) in [4.78, 5) is 4.24. The smallest absolute Gasteiger partial charge is 0.244 e. The molecule has 19 heavy (non-hydrogen) atoms. The van der Waals surface area contributed by atoms with Crippen LogP contribution in [0.3, 0.4) is 0 Å². The quantitative estimate of drug-likeness (QED) is 0.930. The topological polar surface area (TPSA) is 64.9 Å². The number of hydrogen-bond acceptors (Lipinski definition) is 4. The molecule has 0 aliphatic heterocycles. The van der Waals surface area contributed by atoms with Crippen LogP contribution in [0, 0.1) is 11.7 Å². The van der Waals surface area contributed by atoms with Crippen LogP contribution in [0.25, 0.3) is 11.4 Å². The fourth-order valence-electron chi connectivity index (χ4n) is 1.67. The van der Waals surface area contributed by atoms with Crippen LogP contribution < -0.4 is 5.73 Å². The summed E-state index contributed by atoms with van der Waals surface area (Å²) in [6.07, 6.45) is 0.921. The van der Waals surface area contributed by atoms with Crippen molar-refractivity contribution in [3.8, 4) is 11.4 Å². The van der Waals surface area contributed by atoms with Gasteiger partial charge in [0.25, 0.3) is 0 Å². The zero-order valence-electron chi connectivity index (χ0n) is 10.7. The van der Waals surface area contributed by atoms with Gasteiger partial charge in [-0.3, -0.25) is 0 Å². The average molecular weight is 328 g/mol. The van der Waals surface area contributed by atoms with Crippen LogP contribution in [0.2, 0.25) is 0 Å². The predicted molar refractivity (Wildman–Crippen MR) is 73.8 cm³/mol. The monoisotopic (exact) mass is 327 g/mol. The van der Waals surface area contributed by atoms with E-state index in [4.69, 9.17) is 10.3 Å². The molecule has 0 fully saturated rings. The number of halogens is 2. The first kappa shape index (κ1) is 14.1. The molecule has 0 spiro atoms. The lowest BCUT2D eigenvalue weighted by Gasteiger charge is -2.12. The molecule has 0 radical (unpaired) electrons. The minimum atomic E-state index is -0.359. The Kier molecular flexibility index (Phi) is 4.31. The minimum Gasteiger partial charge on any atom is -0.337 e. The average Bonchev–Trinajstić information content (AvgIpc) is 2.85. The fraction of sp³-hybridized carbons (Fsp3) is 0.385. The number of nitrogens with zero attached hydrogens (tertiary/aromatic N) is 2. The summed E-state index contributed by atoms with van der Waals surface area (Å²) < 4.78 is 19.1. The van der Waals surface area contributed by atoms with E-state index in [2.05, 4.69) is 26.1 Å². The lowest BCUT2D eigenvalue weighted by atomic mass is 10.0. The number of hydrogen-bond donors (Lipinski definition) is 1. The fourth-order valence-corrected chi connectivity index (χ4v) is 2.13. The molecule has 1 heterocycles. The van der Waals surface area contributed by atoms with E-state index in [1.807, 2.05) is 13.8 Å². The first-order valence-corrected chi connectivity index (χ1v) is 6.86. The molecule has 0 saturated carbocycles. The van der Waals surface area contributed by atoms with Crippen molar-refractivity contribution in [1.82, 2.24) is 10.1 Å². The normalized spacial score (nSPS) is 14.4. The number of aromatic nitrogens is 2. The van der Waals surface area contributed by atoms with Crippen molar-refractivity contribution in [1.29, 1.82) is 0 Å². The lowest BCUT2D eigenvalue weighted by Crippen LogP contribution is -2.18. The van der Waals surface area contributed by atoms with Gasteiger partial charge in [-0.1, -0.05) is 41.4 Å². The van der Waals surface area contributed by atoms with Crippen molar-refractivity contribution in [3.05, 3.63) is 34.4 Å². The van der Waals surface area contributed by atoms with Gasteiger partial charge in [-0.05, 0) is 24.1 Å². The molecule has 6 heteroatoms. The van der Waals surface area contributed by atoms with Gasteiger partial charge in [0, 0.05) is 10.0 Å². The Morgan fingerprint density at radius 3 is 2.79 bits per heavy atom. The highest BCUT2D eigenvalue weighted by Gasteiger charge is 2.20. The molecule has 102 valence electrons. The van der Waals surface area contributed by atoms with Gasteiger partial charge in [0.05, 0.1) is 6.04 Å². The van der Waals surface area contributed by atoms with Gasteiger partial charge < -0.3 is 10.3 Å². The standard InChI is InChI=1S/C13H15BrFN3O/c1-3-7(2)11(16)13-17-12(18-19-13)8-4-9(14)6-10(15)5-8/h4-7,11H,3,16H2,1-2H3. The van der Waals surface area contributed by atoms with Crippen LogP contribution in [0.4, 0.5) is 4.39 Å². The zero-order valence-corrected chi connectivity index (χ0v) is 12.3. The van der Waals surface area contributed by atoms with Gasteiger partial charge in [0.1, 0.15) is 5.82 Å². The van der Waals surface area contributed by atoms with E-state index in [9.17, 15) is 4.39 Å². The molecular weight excluding hydrogens is 313 g/mol. The van der Waals surface area contributed by atoms with E-state index >= 15 is 0 Å². The number of benzene rings is 1. The Balaban J connectivity index is 2.30. The molecular formula is C13H15BrFN3O. The van der Waals surface area contributed by atoms with E-state index < -0.39 is 0 Å². The minimum absolute atomic E-state index is 0.243. The van der Waals surface area contributed by atoms with E-state index in [1.54, 1.807) is 6.07 Å². The molecule has 1 aromatic heterocycles. The first-order chi connectivity index (χ1) is 9.01. The van der Waals surface area contributed by atoms with Crippen molar-refractivity contribution < 1.29 is 8.91 Å². The number of nitrogens with two attached hydrogens (primary N) is 1. The summed E-state index contributed by atoms with van der Waals surface area (Å²) >= 11 is 3.23. The van der Waals surface area contributed by atoms with Crippen LogP contribution in [0.15, 0.2) is 27.2 Å². The Morgan fingerprint density at radius 1 is 1.42 bits per heavy atom. The van der Waals surface area contributed by atoms with Gasteiger partial charge in [-0.25, -0.2) is 4.39 Å². The van der Waals surface area contributed by atoms with Crippen LogP contribution in [0.1, 0.15) is 32.2 Å². The highest BCUT2D eigenvalue weighted by atomic mass is 79.9. The third-order valence-electron chi connectivity index (χ3n) is 3.10. The zero-order chi connectivity index (χ0) is 14.0. The largest absolute Gasteiger partial charge is 0.337 e. The van der Waals surface area contributed by atoms with Gasteiger partial charge in [-0.2, -0.15) is 4.98 Å². The second kappa shape index (κ2) is 5.79. The molecule has 1 aromatic carbocycles. The summed E-state index contributed by atoms with van der Waals surface area (Å²) in [5.74, 6) is 0.605. The number of rotatable bonds is 4. The molecule has 0 amide bonds. The van der Waals surface area contributed by atoms with Crippen LogP contribution in [-0.4, -0.2) is 10.1 Å². The Morgan fingerprint density at radius 2 is 2.16 bits per heavy atom. The molecule has 0 aliphatic rings. The van der Waals surface area contributed by atoms with E-state index in [0.29, 0.717) is 21.8 Å². The molecule has 0 bridgehead atoms. The van der Waals surface area contributed by atoms with Crippen molar-refractivity contribution in [2.75, 3.05) is 0 Å². The van der Waals surface area contributed by atoms with Crippen LogP contribution in [-0.2, 0) is 0 Å². The summed E-state index contributed by atoms with van der Waals surface area (Å²) in [6, 6.07) is 4.15. The molecule has 2 N–H and O–H groups in total. The van der Waals surface area contributed by atoms with Gasteiger partial charge >= 0.3 is 0 Å². The second-order valence-electron chi connectivity index (χ2n) is 4.53. The third-order valence-corrected chi connectivity index (χ3v) is 3.56. The molecule has 4 nitrogen and oxygen atoms in total. The van der Waals surface area contributed by atoms with Crippen molar-refractivity contribution in [2.24, 2.45) is 11.7 Å². The highest BCUT2D eigenvalue weighted by molar-refractivity contribution is 9.10. The summed E-state index contributed by atoms with van der Waals surface area (Å²) in [7, 11) is 0. The first-order valence-electron chi connectivity index (χ1n) is 6.07. The molecule has 0 saturated heterocycles. The third kappa shape index (κ3) is 3.19. The van der Waals surface area contributed by atoms with Gasteiger partial charge in [0.2, 0.25) is 11.7 Å². The molecule has 2 unspecified atom stereocenters. The Bertz CT molecular complexity index is 553. The van der Waals surface area contributed by atoms with Crippen molar-refractivity contribution in [2.45, 2.75) is 26.3 Å². The summed E-state index contributed by atoms with van der Waals surface area (Å²) in [5, 5.41) is 3.85. The second-order valence-corrected chi connectivity index (χ2v) is 5.44. The highest BCUT2D eigenvalue weighted by Crippen LogP contribution is 2.25. The molecule has 2 atom stereocenters. The van der Waals surface area contributed by atoms with Gasteiger partial charge in [0.15, 0.2) is 0 Å². The molecule has 0 aliphatic carbocycles. The predicted octanol–water partition coefficient (Wildman–Crippen LogP) is 3.68. The van der Waals surface area contributed by atoms with E-state index in [-0.39, 0.29) is 17.8 Å². The van der Waals surface area contributed by atoms with Crippen LogP contribution >= 0.6 is 15.9 Å². The van der Waals surface area contributed by atoms with Crippen molar-refractivity contribution >= 4 is 15.9 Å².